The highest BCUT2D eigenvalue weighted by molar-refractivity contribution is 5.76. The molecule has 0 bridgehead atoms. The van der Waals surface area contributed by atoms with Crippen LogP contribution in [0.1, 0.15) is 11.1 Å². The fourth-order valence-electron chi connectivity index (χ4n) is 2.77. The molecule has 0 N–H and O–H groups in total. The molecule has 0 aliphatic rings. The van der Waals surface area contributed by atoms with Crippen LogP contribution in [0.15, 0.2) is 48.5 Å². The minimum Gasteiger partial charge on any atom is -0.204 e. The maximum absolute atomic E-state index is 13.5. The Morgan fingerprint density at radius 2 is 0.875 bits per heavy atom. The fraction of sp³-hybridized carbons (Fsp3) is 0.100. The summed E-state index contributed by atoms with van der Waals surface area (Å²) in [4.78, 5) is 0. The summed E-state index contributed by atoms with van der Waals surface area (Å²) in [7, 11) is 0. The van der Waals surface area contributed by atoms with Gasteiger partial charge in [0, 0.05) is 0 Å². The predicted octanol–water partition coefficient (Wildman–Crippen LogP) is 6.19. The van der Waals surface area contributed by atoms with Gasteiger partial charge in [-0.15, -0.1) is 0 Å². The molecule has 0 saturated heterocycles. The van der Waals surface area contributed by atoms with Gasteiger partial charge in [-0.2, -0.15) is 0 Å². The molecule has 24 heavy (non-hydrogen) atoms. The molecule has 0 nitrogen and oxygen atoms in total. The fourth-order valence-corrected chi connectivity index (χ4v) is 2.77. The van der Waals surface area contributed by atoms with E-state index in [1.54, 1.807) is 0 Å². The third-order valence-corrected chi connectivity index (χ3v) is 4.03. The average Bonchev–Trinajstić information content (AvgIpc) is 2.54. The van der Waals surface area contributed by atoms with Gasteiger partial charge in [0.2, 0.25) is 0 Å². The van der Waals surface area contributed by atoms with Gasteiger partial charge in [0.15, 0.2) is 23.3 Å². The molecule has 0 aromatic heterocycles. The Kier molecular flexibility index (Phi) is 4.14. The van der Waals surface area contributed by atoms with Crippen LogP contribution in [-0.2, 0) is 0 Å². The minimum absolute atomic E-state index is 0.561. The van der Waals surface area contributed by atoms with E-state index in [0.717, 1.165) is 46.5 Å². The normalized spacial score (nSPS) is 10.9. The van der Waals surface area contributed by atoms with Gasteiger partial charge < -0.3 is 0 Å². The van der Waals surface area contributed by atoms with Crippen molar-refractivity contribution in [3.8, 4) is 22.3 Å². The number of rotatable bonds is 2. The van der Waals surface area contributed by atoms with Gasteiger partial charge in [-0.05, 0) is 71.5 Å². The second-order valence-corrected chi connectivity index (χ2v) is 5.74. The summed E-state index contributed by atoms with van der Waals surface area (Å²) >= 11 is 0. The summed E-state index contributed by atoms with van der Waals surface area (Å²) in [6, 6.07) is 11.2. The van der Waals surface area contributed by atoms with E-state index in [9.17, 15) is 17.6 Å². The van der Waals surface area contributed by atoms with Crippen molar-refractivity contribution in [2.24, 2.45) is 0 Å². The van der Waals surface area contributed by atoms with Crippen LogP contribution in [-0.4, -0.2) is 0 Å². The lowest BCUT2D eigenvalue weighted by molar-refractivity contribution is 0.509. The van der Waals surface area contributed by atoms with Gasteiger partial charge in [0.1, 0.15) is 0 Å². The van der Waals surface area contributed by atoms with E-state index in [4.69, 9.17) is 0 Å². The predicted molar refractivity (Wildman–Crippen MR) is 86.6 cm³/mol. The van der Waals surface area contributed by atoms with E-state index in [2.05, 4.69) is 0 Å². The van der Waals surface area contributed by atoms with Gasteiger partial charge in [0.25, 0.3) is 0 Å². The van der Waals surface area contributed by atoms with E-state index in [0.29, 0.717) is 11.1 Å². The summed E-state index contributed by atoms with van der Waals surface area (Å²) in [6.45, 7) is 3.67. The Hall–Kier alpha value is -2.62. The molecule has 0 amide bonds. The maximum atomic E-state index is 13.5. The van der Waals surface area contributed by atoms with Crippen molar-refractivity contribution in [1.29, 1.82) is 0 Å². The molecule has 4 heteroatoms. The summed E-state index contributed by atoms with van der Waals surface area (Å²) in [5.74, 6) is -3.61. The molecule has 0 spiro atoms. The van der Waals surface area contributed by atoms with Crippen molar-refractivity contribution in [3.05, 3.63) is 82.9 Å². The van der Waals surface area contributed by atoms with Gasteiger partial charge in [0.05, 0.1) is 0 Å². The molecule has 0 aliphatic carbocycles. The lowest BCUT2D eigenvalue weighted by Gasteiger charge is -2.13. The SMILES string of the molecule is Cc1cc(-c2ccc(F)c(F)c2)c(C)cc1-c1ccc(F)c(F)c1. The molecular weight excluding hydrogens is 316 g/mol. The van der Waals surface area contributed by atoms with Crippen LogP contribution in [0.5, 0.6) is 0 Å². The first kappa shape index (κ1) is 16.2. The Morgan fingerprint density at radius 1 is 0.500 bits per heavy atom. The van der Waals surface area contributed by atoms with E-state index in [-0.39, 0.29) is 0 Å². The quantitative estimate of drug-likeness (QED) is 0.491. The van der Waals surface area contributed by atoms with Crippen LogP contribution in [0, 0.1) is 37.1 Å². The van der Waals surface area contributed by atoms with E-state index < -0.39 is 23.3 Å². The Morgan fingerprint density at radius 3 is 1.21 bits per heavy atom. The highest BCUT2D eigenvalue weighted by Gasteiger charge is 2.12. The molecule has 122 valence electrons. The minimum atomic E-state index is -0.908. The lowest BCUT2D eigenvalue weighted by atomic mass is 9.92. The van der Waals surface area contributed by atoms with Gasteiger partial charge in [-0.3, -0.25) is 0 Å². The molecule has 0 unspecified atom stereocenters. The van der Waals surface area contributed by atoms with Crippen LogP contribution >= 0.6 is 0 Å². The molecule has 3 aromatic carbocycles. The van der Waals surface area contributed by atoms with Crippen molar-refractivity contribution in [2.45, 2.75) is 13.8 Å². The van der Waals surface area contributed by atoms with Gasteiger partial charge in [-0.1, -0.05) is 24.3 Å². The Balaban J connectivity index is 2.11. The Labute approximate surface area is 137 Å². The molecule has 0 saturated carbocycles. The summed E-state index contributed by atoms with van der Waals surface area (Å²) in [6.07, 6.45) is 0. The van der Waals surface area contributed by atoms with Crippen molar-refractivity contribution in [1.82, 2.24) is 0 Å². The van der Waals surface area contributed by atoms with Crippen molar-refractivity contribution in [2.75, 3.05) is 0 Å². The van der Waals surface area contributed by atoms with Gasteiger partial charge in [-0.25, -0.2) is 17.6 Å². The van der Waals surface area contributed by atoms with Crippen LogP contribution in [0.2, 0.25) is 0 Å². The zero-order chi connectivity index (χ0) is 17.4. The molecule has 0 fully saturated rings. The number of halogens is 4. The molecule has 3 aromatic rings. The van der Waals surface area contributed by atoms with Crippen molar-refractivity contribution in [3.63, 3.8) is 0 Å². The smallest absolute Gasteiger partial charge is 0.159 e. The van der Waals surface area contributed by atoms with E-state index in [1.165, 1.54) is 12.1 Å². The first-order valence-corrected chi connectivity index (χ1v) is 7.39. The molecule has 0 radical (unpaired) electrons. The molecule has 3 rings (SSSR count). The average molecular weight is 330 g/mol. The standard InChI is InChI=1S/C20H14F4/c1-11-7-16(14-4-6-18(22)20(24)10-14)12(2)8-15(11)13-3-5-17(21)19(23)9-13/h3-10H,1-2H3. The highest BCUT2D eigenvalue weighted by Crippen LogP contribution is 2.32. The number of aryl methyl sites for hydroxylation is 2. The molecule has 0 atom stereocenters. The summed E-state index contributed by atoms with van der Waals surface area (Å²) in [5.41, 5.74) is 4.30. The summed E-state index contributed by atoms with van der Waals surface area (Å²) < 4.78 is 53.2. The third-order valence-electron chi connectivity index (χ3n) is 4.03. The van der Waals surface area contributed by atoms with Crippen molar-refractivity contribution >= 4 is 0 Å². The zero-order valence-electron chi connectivity index (χ0n) is 13.1. The van der Waals surface area contributed by atoms with Crippen molar-refractivity contribution < 1.29 is 17.6 Å². The van der Waals surface area contributed by atoms with E-state index in [1.807, 2.05) is 26.0 Å². The summed E-state index contributed by atoms with van der Waals surface area (Å²) in [5, 5.41) is 0. The lowest BCUT2D eigenvalue weighted by Crippen LogP contribution is -1.93. The van der Waals surface area contributed by atoms with Crippen LogP contribution in [0.3, 0.4) is 0 Å². The second-order valence-electron chi connectivity index (χ2n) is 5.74. The van der Waals surface area contributed by atoms with Crippen LogP contribution < -0.4 is 0 Å². The first-order chi connectivity index (χ1) is 11.4. The van der Waals surface area contributed by atoms with E-state index >= 15 is 0 Å². The molecule has 0 aliphatic heterocycles. The topological polar surface area (TPSA) is 0 Å². The number of benzene rings is 3. The highest BCUT2D eigenvalue weighted by atomic mass is 19.2. The third kappa shape index (κ3) is 2.92. The van der Waals surface area contributed by atoms with Crippen LogP contribution in [0.25, 0.3) is 22.3 Å². The zero-order valence-corrected chi connectivity index (χ0v) is 13.1. The molecular formula is C20H14F4. The molecule has 0 heterocycles. The van der Waals surface area contributed by atoms with Gasteiger partial charge >= 0.3 is 0 Å². The number of hydrogen-bond acceptors (Lipinski definition) is 0. The van der Waals surface area contributed by atoms with Crippen LogP contribution in [0.4, 0.5) is 17.6 Å². The largest absolute Gasteiger partial charge is 0.204 e. The Bertz CT molecular complexity index is 852. The first-order valence-electron chi connectivity index (χ1n) is 7.39. The number of hydrogen-bond donors (Lipinski definition) is 0. The maximum Gasteiger partial charge on any atom is 0.159 e. The second kappa shape index (κ2) is 6.11. The monoisotopic (exact) mass is 330 g/mol.